The van der Waals surface area contributed by atoms with E-state index in [0.717, 1.165) is 0 Å². The normalized spacial score (nSPS) is 15.0. The van der Waals surface area contributed by atoms with Crippen molar-refractivity contribution in [1.82, 2.24) is 5.32 Å². The molecule has 0 aliphatic carbocycles. The van der Waals surface area contributed by atoms with E-state index >= 15 is 0 Å². The summed E-state index contributed by atoms with van der Waals surface area (Å²) in [7, 11) is 0. The predicted molar refractivity (Wildman–Crippen MR) is 30.0 cm³/mol. The monoisotopic (exact) mass is 103 g/mol. The van der Waals surface area contributed by atoms with Gasteiger partial charge >= 0.3 is 0 Å². The lowest BCUT2D eigenvalue weighted by Crippen LogP contribution is -2.31. The predicted octanol–water partition coefficient (Wildman–Crippen LogP) is 0.323. The zero-order valence-corrected chi connectivity index (χ0v) is 5.10. The van der Waals surface area contributed by atoms with Gasteiger partial charge in [0.1, 0.15) is 6.23 Å². The average molecular weight is 103 g/mol. The highest BCUT2D eigenvalue weighted by atomic mass is 16.3. The Morgan fingerprint density at radius 2 is 1.71 bits per heavy atom. The fraction of sp³-hybridized carbons (Fsp3) is 1.00. The summed E-state index contributed by atoms with van der Waals surface area (Å²) >= 11 is 0. The molecule has 0 bridgehead atoms. The van der Waals surface area contributed by atoms with Crippen molar-refractivity contribution in [3.05, 3.63) is 0 Å². The second-order valence-electron chi connectivity index (χ2n) is 2.00. The van der Waals surface area contributed by atoms with Crippen LogP contribution >= 0.6 is 0 Å². The number of rotatable bonds is 2. The smallest absolute Gasteiger partial charge is 0.102 e. The fourth-order valence-electron chi connectivity index (χ4n) is 0.482. The number of nitrogens with one attached hydrogen (secondary N) is 1. The Labute approximate surface area is 44.5 Å². The zero-order chi connectivity index (χ0) is 5.86. The van der Waals surface area contributed by atoms with Crippen LogP contribution in [0.5, 0.6) is 0 Å². The Hall–Kier alpha value is -0.0800. The van der Waals surface area contributed by atoms with E-state index in [0.29, 0.717) is 6.04 Å². The van der Waals surface area contributed by atoms with Gasteiger partial charge in [0.25, 0.3) is 0 Å². The minimum Gasteiger partial charge on any atom is -0.379 e. The second kappa shape index (κ2) is 2.99. The van der Waals surface area contributed by atoms with Crippen LogP contribution in [-0.2, 0) is 0 Å². The Morgan fingerprint density at radius 1 is 1.29 bits per heavy atom. The first kappa shape index (κ1) is 6.92. The van der Waals surface area contributed by atoms with Crippen molar-refractivity contribution < 1.29 is 5.11 Å². The van der Waals surface area contributed by atoms with Gasteiger partial charge in [0.15, 0.2) is 0 Å². The van der Waals surface area contributed by atoms with E-state index in [1.165, 1.54) is 0 Å². The molecule has 44 valence electrons. The number of aliphatic hydroxyl groups excluding tert-OH is 1. The Morgan fingerprint density at radius 3 is 1.71 bits per heavy atom. The molecule has 0 heterocycles. The van der Waals surface area contributed by atoms with E-state index in [4.69, 9.17) is 5.11 Å². The first-order valence-electron chi connectivity index (χ1n) is 2.57. The van der Waals surface area contributed by atoms with E-state index < -0.39 is 0 Å². The first-order valence-corrected chi connectivity index (χ1v) is 2.57. The van der Waals surface area contributed by atoms with Gasteiger partial charge in [-0.05, 0) is 20.8 Å². The van der Waals surface area contributed by atoms with E-state index in [2.05, 4.69) is 5.32 Å². The summed E-state index contributed by atoms with van der Waals surface area (Å²) in [5, 5.41) is 11.5. The van der Waals surface area contributed by atoms with Crippen LogP contribution in [0.2, 0.25) is 0 Å². The van der Waals surface area contributed by atoms with Crippen LogP contribution in [0.15, 0.2) is 0 Å². The lowest BCUT2D eigenvalue weighted by atomic mass is 10.4. The van der Waals surface area contributed by atoms with Gasteiger partial charge in [0, 0.05) is 6.04 Å². The van der Waals surface area contributed by atoms with E-state index in [-0.39, 0.29) is 6.23 Å². The molecule has 0 unspecified atom stereocenters. The molecule has 0 fully saturated rings. The highest BCUT2D eigenvalue weighted by Crippen LogP contribution is 1.77. The third-order valence-electron chi connectivity index (χ3n) is 0.575. The molecule has 0 amide bonds. The molecule has 0 aromatic rings. The Kier molecular flexibility index (Phi) is 2.96. The molecule has 0 aromatic carbocycles. The Bertz CT molecular complexity index is 37.3. The summed E-state index contributed by atoms with van der Waals surface area (Å²) in [6, 6.07) is 0.375. The standard InChI is InChI=1S/C5H13NO/c1-4(2)6-5(3)7/h4-7H,1-3H3/t5-/m0/s1. The van der Waals surface area contributed by atoms with Crippen molar-refractivity contribution in [3.8, 4) is 0 Å². The quantitative estimate of drug-likeness (QED) is 0.493. The largest absolute Gasteiger partial charge is 0.379 e. The van der Waals surface area contributed by atoms with Gasteiger partial charge in [-0.2, -0.15) is 0 Å². The van der Waals surface area contributed by atoms with Crippen LogP contribution in [0.1, 0.15) is 20.8 Å². The maximum atomic E-state index is 8.61. The molecule has 0 spiro atoms. The van der Waals surface area contributed by atoms with Gasteiger partial charge in [-0.15, -0.1) is 0 Å². The molecule has 1 atom stereocenters. The molecule has 2 N–H and O–H groups in total. The zero-order valence-electron chi connectivity index (χ0n) is 5.10. The van der Waals surface area contributed by atoms with E-state index in [9.17, 15) is 0 Å². The summed E-state index contributed by atoms with van der Waals surface area (Å²) < 4.78 is 0. The van der Waals surface area contributed by atoms with Crippen molar-refractivity contribution in [1.29, 1.82) is 0 Å². The molecule has 0 aromatic heterocycles. The minimum absolute atomic E-state index is 0.375. The molecule has 7 heavy (non-hydrogen) atoms. The van der Waals surface area contributed by atoms with Gasteiger partial charge in [-0.1, -0.05) is 0 Å². The summed E-state index contributed by atoms with van der Waals surface area (Å²) in [6.45, 7) is 5.69. The van der Waals surface area contributed by atoms with Crippen molar-refractivity contribution in [2.45, 2.75) is 33.0 Å². The lowest BCUT2D eigenvalue weighted by Gasteiger charge is -2.09. The third kappa shape index (κ3) is 5.92. The highest BCUT2D eigenvalue weighted by molar-refractivity contribution is 4.50. The highest BCUT2D eigenvalue weighted by Gasteiger charge is 1.93. The molecule has 0 aliphatic rings. The molecule has 0 rings (SSSR count). The molecule has 0 radical (unpaired) electrons. The number of hydrogen-bond acceptors (Lipinski definition) is 2. The van der Waals surface area contributed by atoms with Crippen molar-refractivity contribution >= 4 is 0 Å². The van der Waals surface area contributed by atoms with E-state index in [1.807, 2.05) is 13.8 Å². The lowest BCUT2D eigenvalue weighted by molar-refractivity contribution is 0.146. The fourth-order valence-corrected chi connectivity index (χ4v) is 0.482. The molecule has 2 nitrogen and oxygen atoms in total. The van der Waals surface area contributed by atoms with Gasteiger partial charge in [-0.3, -0.25) is 5.32 Å². The minimum atomic E-state index is -0.375. The number of hydrogen-bond donors (Lipinski definition) is 2. The SMILES string of the molecule is CC(C)N[C@H](C)O. The van der Waals surface area contributed by atoms with E-state index in [1.54, 1.807) is 6.92 Å². The van der Waals surface area contributed by atoms with Crippen molar-refractivity contribution in [2.24, 2.45) is 0 Å². The van der Waals surface area contributed by atoms with Crippen molar-refractivity contribution in [2.75, 3.05) is 0 Å². The molecular weight excluding hydrogens is 90.1 g/mol. The van der Waals surface area contributed by atoms with Crippen LogP contribution in [-0.4, -0.2) is 17.4 Å². The molecular formula is C5H13NO. The summed E-state index contributed by atoms with van der Waals surface area (Å²) in [6.07, 6.45) is -0.375. The van der Waals surface area contributed by atoms with Crippen molar-refractivity contribution in [3.63, 3.8) is 0 Å². The van der Waals surface area contributed by atoms with Crippen LogP contribution < -0.4 is 5.32 Å². The molecule has 0 saturated heterocycles. The van der Waals surface area contributed by atoms with Crippen LogP contribution in [0.25, 0.3) is 0 Å². The second-order valence-corrected chi connectivity index (χ2v) is 2.00. The third-order valence-corrected chi connectivity index (χ3v) is 0.575. The average Bonchev–Trinajstić information content (AvgIpc) is 1.27. The molecule has 0 aliphatic heterocycles. The molecule has 0 saturated carbocycles. The van der Waals surface area contributed by atoms with Gasteiger partial charge in [0.2, 0.25) is 0 Å². The summed E-state index contributed by atoms with van der Waals surface area (Å²) in [5.41, 5.74) is 0. The van der Waals surface area contributed by atoms with Gasteiger partial charge < -0.3 is 5.11 Å². The Balaban J connectivity index is 2.95. The summed E-state index contributed by atoms with van der Waals surface area (Å²) in [4.78, 5) is 0. The first-order chi connectivity index (χ1) is 3.13. The van der Waals surface area contributed by atoms with Crippen LogP contribution in [0.4, 0.5) is 0 Å². The van der Waals surface area contributed by atoms with Gasteiger partial charge in [0.05, 0.1) is 0 Å². The maximum absolute atomic E-state index is 8.61. The summed E-state index contributed by atoms with van der Waals surface area (Å²) in [5.74, 6) is 0. The maximum Gasteiger partial charge on any atom is 0.102 e. The van der Waals surface area contributed by atoms with Crippen LogP contribution in [0.3, 0.4) is 0 Å². The topological polar surface area (TPSA) is 32.3 Å². The van der Waals surface area contributed by atoms with Crippen LogP contribution in [0, 0.1) is 0 Å². The number of aliphatic hydroxyl groups is 1. The molecule has 2 heteroatoms. The van der Waals surface area contributed by atoms with Gasteiger partial charge in [-0.25, -0.2) is 0 Å².